The van der Waals surface area contributed by atoms with Crippen LogP contribution in [0.15, 0.2) is 36.7 Å². The van der Waals surface area contributed by atoms with E-state index in [0.29, 0.717) is 12.3 Å². The number of nitrogens with two attached hydrogens (primary N) is 1. The molecule has 96 valence electrons. The van der Waals surface area contributed by atoms with Crippen LogP contribution >= 0.6 is 0 Å². The number of aryl methyl sites for hydroxylation is 2. The van der Waals surface area contributed by atoms with Gasteiger partial charge < -0.3 is 15.0 Å². The van der Waals surface area contributed by atoms with Crippen molar-refractivity contribution >= 4 is 5.69 Å². The van der Waals surface area contributed by atoms with E-state index in [9.17, 15) is 0 Å². The average Bonchev–Trinajstić information content (AvgIpc) is 2.84. The molecule has 0 unspecified atom stereocenters. The minimum Gasteiger partial charge on any atom is -0.491 e. The zero-order valence-corrected chi connectivity index (χ0v) is 10.7. The maximum absolute atomic E-state index is 5.80. The predicted octanol–water partition coefficient (Wildman–Crippen LogP) is 2.50. The first kappa shape index (κ1) is 12.5. The van der Waals surface area contributed by atoms with Gasteiger partial charge >= 0.3 is 0 Å². The summed E-state index contributed by atoms with van der Waals surface area (Å²) in [4.78, 5) is 4.29. The van der Waals surface area contributed by atoms with Gasteiger partial charge in [-0.25, -0.2) is 4.98 Å². The fourth-order valence-corrected chi connectivity index (χ4v) is 1.89. The van der Waals surface area contributed by atoms with Gasteiger partial charge in [-0.2, -0.15) is 0 Å². The number of ether oxygens (including phenoxy) is 1. The summed E-state index contributed by atoms with van der Waals surface area (Å²) in [6, 6.07) is 7.57. The highest BCUT2D eigenvalue weighted by atomic mass is 16.5. The Morgan fingerprint density at radius 1 is 1.33 bits per heavy atom. The molecule has 0 aliphatic heterocycles. The smallest absolute Gasteiger partial charge is 0.142 e. The topological polar surface area (TPSA) is 53.1 Å². The van der Waals surface area contributed by atoms with Crippen molar-refractivity contribution in [2.75, 3.05) is 12.3 Å². The molecule has 0 saturated heterocycles. The molecule has 0 aliphatic carbocycles. The first-order valence-electron chi connectivity index (χ1n) is 6.28. The summed E-state index contributed by atoms with van der Waals surface area (Å²) in [5.74, 6) is 1.88. The van der Waals surface area contributed by atoms with E-state index in [2.05, 4.69) is 16.5 Å². The number of hydrogen-bond donors (Lipinski definition) is 1. The number of nitrogens with zero attached hydrogens (tertiary/aromatic N) is 2. The van der Waals surface area contributed by atoms with Crippen LogP contribution in [-0.4, -0.2) is 16.2 Å². The lowest BCUT2D eigenvalue weighted by molar-refractivity contribution is 0.302. The van der Waals surface area contributed by atoms with Gasteiger partial charge in [-0.05, 0) is 18.6 Å². The Labute approximate surface area is 107 Å². The van der Waals surface area contributed by atoms with E-state index in [1.165, 1.54) is 0 Å². The first-order valence-corrected chi connectivity index (χ1v) is 6.28. The van der Waals surface area contributed by atoms with Crippen molar-refractivity contribution in [3.05, 3.63) is 42.5 Å². The number of benzene rings is 1. The second-order valence-electron chi connectivity index (χ2n) is 4.13. The second kappa shape index (κ2) is 6.10. The third kappa shape index (κ3) is 3.03. The van der Waals surface area contributed by atoms with Crippen LogP contribution in [0, 0.1) is 0 Å². The summed E-state index contributed by atoms with van der Waals surface area (Å²) in [5.41, 5.74) is 6.49. The molecule has 2 N–H and O–H groups in total. The van der Waals surface area contributed by atoms with Gasteiger partial charge in [-0.3, -0.25) is 0 Å². The predicted molar refractivity (Wildman–Crippen MR) is 72.6 cm³/mol. The van der Waals surface area contributed by atoms with Crippen molar-refractivity contribution in [3.8, 4) is 5.75 Å². The number of hydrogen-bond acceptors (Lipinski definition) is 3. The second-order valence-corrected chi connectivity index (χ2v) is 4.13. The lowest BCUT2D eigenvalue weighted by Gasteiger charge is -2.09. The highest BCUT2D eigenvalue weighted by molar-refractivity contribution is 5.51. The van der Waals surface area contributed by atoms with Crippen LogP contribution in [0.5, 0.6) is 5.75 Å². The average molecular weight is 245 g/mol. The normalized spacial score (nSPS) is 10.5. The summed E-state index contributed by atoms with van der Waals surface area (Å²) in [6.07, 6.45) is 5.75. The van der Waals surface area contributed by atoms with Gasteiger partial charge in [0.1, 0.15) is 11.6 Å². The third-order valence-electron chi connectivity index (χ3n) is 2.84. The minimum absolute atomic E-state index is 0.662. The van der Waals surface area contributed by atoms with Crippen LogP contribution in [0.4, 0.5) is 5.69 Å². The standard InChI is InChI=1S/C14H19N3O/c1-2-14-16-8-10-17(14)9-5-11-18-13-7-4-3-6-12(13)15/h3-4,6-8,10H,2,5,9,11,15H2,1H3. The van der Waals surface area contributed by atoms with E-state index in [-0.39, 0.29) is 0 Å². The Hall–Kier alpha value is -1.97. The molecule has 0 amide bonds. The Bertz CT molecular complexity index is 493. The molecule has 2 rings (SSSR count). The van der Waals surface area contributed by atoms with Crippen molar-refractivity contribution in [1.82, 2.24) is 9.55 Å². The number of para-hydroxylation sites is 2. The van der Waals surface area contributed by atoms with E-state index < -0.39 is 0 Å². The van der Waals surface area contributed by atoms with Crippen LogP contribution in [0.3, 0.4) is 0 Å². The van der Waals surface area contributed by atoms with Crippen molar-refractivity contribution in [3.63, 3.8) is 0 Å². The van der Waals surface area contributed by atoms with E-state index in [0.717, 1.165) is 31.0 Å². The summed E-state index contributed by atoms with van der Waals surface area (Å²) in [6.45, 7) is 3.70. The molecule has 1 aromatic heterocycles. The summed E-state index contributed by atoms with van der Waals surface area (Å²) in [5, 5.41) is 0. The quantitative estimate of drug-likeness (QED) is 0.628. The van der Waals surface area contributed by atoms with Crippen molar-refractivity contribution in [2.45, 2.75) is 26.3 Å². The molecule has 0 bridgehead atoms. The minimum atomic E-state index is 0.662. The fourth-order valence-electron chi connectivity index (χ4n) is 1.89. The molecule has 0 saturated carbocycles. The van der Waals surface area contributed by atoms with Crippen LogP contribution < -0.4 is 10.5 Å². The highest BCUT2D eigenvalue weighted by Gasteiger charge is 2.01. The van der Waals surface area contributed by atoms with Crippen molar-refractivity contribution < 1.29 is 4.74 Å². The molecule has 0 aliphatic rings. The molecule has 0 fully saturated rings. The molecule has 4 nitrogen and oxygen atoms in total. The van der Waals surface area contributed by atoms with Gasteiger partial charge in [0.2, 0.25) is 0 Å². The number of imidazole rings is 1. The summed E-state index contributed by atoms with van der Waals surface area (Å²) < 4.78 is 7.81. The van der Waals surface area contributed by atoms with E-state index in [1.807, 2.05) is 36.7 Å². The van der Waals surface area contributed by atoms with Crippen LogP contribution in [-0.2, 0) is 13.0 Å². The first-order chi connectivity index (χ1) is 8.81. The zero-order valence-electron chi connectivity index (χ0n) is 10.7. The Morgan fingerprint density at radius 3 is 2.94 bits per heavy atom. The molecular formula is C14H19N3O. The lowest BCUT2D eigenvalue weighted by Crippen LogP contribution is -2.07. The van der Waals surface area contributed by atoms with Gasteiger partial charge in [0.25, 0.3) is 0 Å². The van der Waals surface area contributed by atoms with Crippen LogP contribution in [0.2, 0.25) is 0 Å². The number of anilines is 1. The molecule has 2 aromatic rings. The number of nitrogen functional groups attached to an aromatic ring is 1. The molecule has 0 spiro atoms. The Balaban J connectivity index is 1.78. The maximum atomic E-state index is 5.80. The zero-order chi connectivity index (χ0) is 12.8. The Kier molecular flexibility index (Phi) is 4.23. The maximum Gasteiger partial charge on any atom is 0.142 e. The summed E-state index contributed by atoms with van der Waals surface area (Å²) >= 11 is 0. The summed E-state index contributed by atoms with van der Waals surface area (Å²) in [7, 11) is 0. The lowest BCUT2D eigenvalue weighted by atomic mass is 10.3. The highest BCUT2D eigenvalue weighted by Crippen LogP contribution is 2.19. The van der Waals surface area contributed by atoms with Gasteiger partial charge in [0.15, 0.2) is 0 Å². The molecular weight excluding hydrogens is 226 g/mol. The molecule has 4 heteroatoms. The molecule has 1 aromatic carbocycles. The molecule has 1 heterocycles. The van der Waals surface area contributed by atoms with Gasteiger partial charge in [0.05, 0.1) is 12.3 Å². The molecule has 0 radical (unpaired) electrons. The van der Waals surface area contributed by atoms with Gasteiger partial charge in [-0.15, -0.1) is 0 Å². The van der Waals surface area contributed by atoms with Crippen LogP contribution in [0.1, 0.15) is 19.2 Å². The fraction of sp³-hybridized carbons (Fsp3) is 0.357. The van der Waals surface area contributed by atoms with E-state index >= 15 is 0 Å². The monoisotopic (exact) mass is 245 g/mol. The number of rotatable bonds is 6. The van der Waals surface area contributed by atoms with E-state index in [4.69, 9.17) is 10.5 Å². The van der Waals surface area contributed by atoms with Crippen molar-refractivity contribution in [2.24, 2.45) is 0 Å². The van der Waals surface area contributed by atoms with Crippen LogP contribution in [0.25, 0.3) is 0 Å². The van der Waals surface area contributed by atoms with Gasteiger partial charge in [-0.1, -0.05) is 19.1 Å². The largest absolute Gasteiger partial charge is 0.491 e. The number of aromatic nitrogens is 2. The molecule has 0 atom stereocenters. The van der Waals surface area contributed by atoms with E-state index in [1.54, 1.807) is 0 Å². The Morgan fingerprint density at radius 2 is 2.17 bits per heavy atom. The SMILES string of the molecule is CCc1nccn1CCCOc1ccccc1N. The van der Waals surface area contributed by atoms with Gasteiger partial charge in [0, 0.05) is 25.4 Å². The van der Waals surface area contributed by atoms with Crippen molar-refractivity contribution in [1.29, 1.82) is 0 Å². The molecule has 18 heavy (non-hydrogen) atoms. The third-order valence-corrected chi connectivity index (χ3v) is 2.84.